The number of hydrogen-bond acceptors (Lipinski definition) is 4. The molecule has 0 aliphatic heterocycles. The summed E-state index contributed by atoms with van der Waals surface area (Å²) in [6.07, 6.45) is 2.59. The fourth-order valence-corrected chi connectivity index (χ4v) is 1.68. The Kier molecular flexibility index (Phi) is 6.87. The zero-order chi connectivity index (χ0) is 13.2. The summed E-state index contributed by atoms with van der Waals surface area (Å²) >= 11 is 0. The van der Waals surface area contributed by atoms with Crippen molar-refractivity contribution < 1.29 is 14.7 Å². The van der Waals surface area contributed by atoms with E-state index in [2.05, 4.69) is 5.16 Å². The number of oxime groups is 1. The van der Waals surface area contributed by atoms with Crippen molar-refractivity contribution in [3.8, 4) is 5.75 Å². The lowest BCUT2D eigenvalue weighted by atomic mass is 10.1. The molecule has 0 aliphatic rings. The fraction of sp³-hybridized carbons (Fsp3) is 0.500. The van der Waals surface area contributed by atoms with E-state index in [4.69, 9.17) is 14.7 Å². The smallest absolute Gasteiger partial charge is 0.128 e. The van der Waals surface area contributed by atoms with Gasteiger partial charge in [0.2, 0.25) is 0 Å². The summed E-state index contributed by atoms with van der Waals surface area (Å²) in [4.78, 5) is 0. The maximum atomic E-state index is 8.96. The molecule has 0 fully saturated rings. The maximum Gasteiger partial charge on any atom is 0.128 e. The maximum absolute atomic E-state index is 8.96. The average Bonchev–Trinajstić information content (AvgIpc) is 2.41. The van der Waals surface area contributed by atoms with Crippen LogP contribution in [0, 0.1) is 0 Å². The quantitative estimate of drug-likeness (QED) is 0.334. The molecular formula is C14H21NO3. The molecule has 0 aliphatic carbocycles. The second-order valence-electron chi connectivity index (χ2n) is 3.94. The van der Waals surface area contributed by atoms with Crippen molar-refractivity contribution in [3.05, 3.63) is 29.8 Å². The lowest BCUT2D eigenvalue weighted by molar-refractivity contribution is 0.184. The molecule has 0 saturated carbocycles. The normalized spacial score (nSPS) is 11.6. The number of ether oxygens (including phenoxy) is 2. The highest BCUT2D eigenvalue weighted by atomic mass is 16.5. The summed E-state index contributed by atoms with van der Waals surface area (Å²) in [5, 5.41) is 12.3. The zero-order valence-electron chi connectivity index (χ0n) is 11.1. The lowest BCUT2D eigenvalue weighted by Gasteiger charge is -2.11. The monoisotopic (exact) mass is 251 g/mol. The van der Waals surface area contributed by atoms with Gasteiger partial charge in [0, 0.05) is 19.3 Å². The van der Waals surface area contributed by atoms with Crippen LogP contribution in [0.5, 0.6) is 5.75 Å². The van der Waals surface area contributed by atoms with Crippen molar-refractivity contribution >= 4 is 5.71 Å². The number of unbranched alkanes of at least 4 members (excludes halogenated alkanes) is 1. The minimum atomic E-state index is 0.641. The van der Waals surface area contributed by atoms with Gasteiger partial charge >= 0.3 is 0 Å². The molecule has 0 spiro atoms. The van der Waals surface area contributed by atoms with Gasteiger partial charge in [0.05, 0.1) is 12.3 Å². The van der Waals surface area contributed by atoms with E-state index in [0.717, 1.165) is 30.8 Å². The summed E-state index contributed by atoms with van der Waals surface area (Å²) in [5.74, 6) is 0.768. The molecule has 0 atom stereocenters. The van der Waals surface area contributed by atoms with E-state index < -0.39 is 0 Å². The van der Waals surface area contributed by atoms with Gasteiger partial charge in [-0.3, -0.25) is 0 Å². The minimum Gasteiger partial charge on any atom is -0.493 e. The number of methoxy groups -OCH3 is 1. The number of para-hydroxylation sites is 1. The molecule has 0 radical (unpaired) electrons. The third-order valence-corrected chi connectivity index (χ3v) is 2.65. The molecule has 1 rings (SSSR count). The lowest BCUT2D eigenvalue weighted by Crippen LogP contribution is -2.06. The first-order valence-electron chi connectivity index (χ1n) is 6.25. The van der Waals surface area contributed by atoms with Crippen molar-refractivity contribution in [2.75, 3.05) is 20.3 Å². The molecule has 0 bridgehead atoms. The first-order chi connectivity index (χ1) is 8.83. The molecule has 4 heteroatoms. The largest absolute Gasteiger partial charge is 0.493 e. The van der Waals surface area contributed by atoms with Gasteiger partial charge in [-0.05, 0) is 31.4 Å². The Morgan fingerprint density at radius 3 is 2.61 bits per heavy atom. The van der Waals surface area contributed by atoms with Crippen molar-refractivity contribution in [2.24, 2.45) is 5.16 Å². The fourth-order valence-electron chi connectivity index (χ4n) is 1.68. The third-order valence-electron chi connectivity index (χ3n) is 2.65. The Balaban J connectivity index is 2.59. The molecule has 100 valence electrons. The van der Waals surface area contributed by atoms with Crippen LogP contribution in [-0.2, 0) is 4.74 Å². The van der Waals surface area contributed by atoms with Crippen LogP contribution in [0.15, 0.2) is 29.4 Å². The topological polar surface area (TPSA) is 51.1 Å². The van der Waals surface area contributed by atoms with Crippen LogP contribution in [0.4, 0.5) is 0 Å². The zero-order valence-corrected chi connectivity index (χ0v) is 11.1. The molecule has 1 N–H and O–H groups in total. The van der Waals surface area contributed by atoms with Crippen LogP contribution in [0.1, 0.15) is 31.7 Å². The van der Waals surface area contributed by atoms with Gasteiger partial charge < -0.3 is 14.7 Å². The van der Waals surface area contributed by atoms with Gasteiger partial charge in [0.1, 0.15) is 5.75 Å². The summed E-state index contributed by atoms with van der Waals surface area (Å²) in [5.41, 5.74) is 1.50. The molecule has 1 aromatic carbocycles. The van der Waals surface area contributed by atoms with Crippen molar-refractivity contribution in [1.29, 1.82) is 0 Å². The number of nitrogens with zero attached hydrogens (tertiary/aromatic N) is 1. The van der Waals surface area contributed by atoms with E-state index in [1.54, 1.807) is 7.11 Å². The van der Waals surface area contributed by atoms with E-state index in [1.807, 2.05) is 31.2 Å². The van der Waals surface area contributed by atoms with E-state index in [-0.39, 0.29) is 0 Å². The van der Waals surface area contributed by atoms with Crippen molar-refractivity contribution in [3.63, 3.8) is 0 Å². The van der Waals surface area contributed by atoms with Crippen LogP contribution in [0.3, 0.4) is 0 Å². The van der Waals surface area contributed by atoms with Crippen LogP contribution in [-0.4, -0.2) is 31.2 Å². The standard InChI is InChI=1S/C14H21NO3/c1-3-13(15-16)12-8-4-5-9-14(12)18-11-7-6-10-17-2/h4-5,8-9,16H,3,6-7,10-11H2,1-2H3/b15-13-. The van der Waals surface area contributed by atoms with Crippen LogP contribution in [0.25, 0.3) is 0 Å². The molecule has 0 amide bonds. The average molecular weight is 251 g/mol. The van der Waals surface area contributed by atoms with Gasteiger partial charge in [-0.25, -0.2) is 0 Å². The Hall–Kier alpha value is -1.55. The third kappa shape index (κ3) is 4.37. The molecule has 0 unspecified atom stereocenters. The summed E-state index contributed by atoms with van der Waals surface area (Å²) in [6, 6.07) is 7.63. The van der Waals surface area contributed by atoms with E-state index in [1.165, 1.54) is 0 Å². The molecule has 0 saturated heterocycles. The molecule has 1 aromatic rings. The highest BCUT2D eigenvalue weighted by Gasteiger charge is 2.08. The molecule has 18 heavy (non-hydrogen) atoms. The van der Waals surface area contributed by atoms with Crippen molar-refractivity contribution in [2.45, 2.75) is 26.2 Å². The Morgan fingerprint density at radius 2 is 1.94 bits per heavy atom. The first-order valence-corrected chi connectivity index (χ1v) is 6.25. The highest BCUT2D eigenvalue weighted by molar-refractivity contribution is 6.02. The predicted molar refractivity (Wildman–Crippen MR) is 71.7 cm³/mol. The van der Waals surface area contributed by atoms with Crippen LogP contribution in [0.2, 0.25) is 0 Å². The molecule has 4 nitrogen and oxygen atoms in total. The second-order valence-corrected chi connectivity index (χ2v) is 3.94. The Labute approximate surface area is 108 Å². The Bertz CT molecular complexity index is 377. The number of hydrogen-bond donors (Lipinski definition) is 1. The minimum absolute atomic E-state index is 0.641. The van der Waals surface area contributed by atoms with E-state index >= 15 is 0 Å². The van der Waals surface area contributed by atoms with Crippen LogP contribution >= 0.6 is 0 Å². The molecular weight excluding hydrogens is 230 g/mol. The molecule has 0 aromatic heterocycles. The Morgan fingerprint density at radius 1 is 1.22 bits per heavy atom. The van der Waals surface area contributed by atoms with E-state index in [9.17, 15) is 0 Å². The van der Waals surface area contributed by atoms with Crippen LogP contribution < -0.4 is 4.74 Å². The van der Waals surface area contributed by atoms with E-state index in [0.29, 0.717) is 18.7 Å². The summed E-state index contributed by atoms with van der Waals surface area (Å²) in [6.45, 7) is 3.34. The number of rotatable bonds is 8. The van der Waals surface area contributed by atoms with Gasteiger partial charge in [-0.15, -0.1) is 0 Å². The predicted octanol–water partition coefficient (Wildman–Crippen LogP) is 3.08. The summed E-state index contributed by atoms with van der Waals surface area (Å²) in [7, 11) is 1.70. The SMILES string of the molecule is CC/C(=N/O)c1ccccc1OCCCCOC. The highest BCUT2D eigenvalue weighted by Crippen LogP contribution is 2.20. The van der Waals surface area contributed by atoms with Gasteiger partial charge in [-0.1, -0.05) is 24.2 Å². The molecule has 0 heterocycles. The van der Waals surface area contributed by atoms with Crippen molar-refractivity contribution in [1.82, 2.24) is 0 Å². The first kappa shape index (κ1) is 14.5. The van der Waals surface area contributed by atoms with Gasteiger partial charge in [-0.2, -0.15) is 0 Å². The second kappa shape index (κ2) is 8.53. The summed E-state index contributed by atoms with van der Waals surface area (Å²) < 4.78 is 10.7. The number of benzene rings is 1. The van der Waals surface area contributed by atoms with Gasteiger partial charge in [0.25, 0.3) is 0 Å². The van der Waals surface area contributed by atoms with Gasteiger partial charge in [0.15, 0.2) is 0 Å².